The van der Waals surface area contributed by atoms with Gasteiger partial charge < -0.3 is 19.2 Å². The Kier molecular flexibility index (Phi) is 8.79. The maximum absolute atomic E-state index is 6.39. The molecule has 0 aliphatic heterocycles. The van der Waals surface area contributed by atoms with Crippen LogP contribution in [0, 0.1) is 0 Å². The van der Waals surface area contributed by atoms with Gasteiger partial charge in [0.05, 0.1) is 37.3 Å². The number of nitrogens with one attached hydrogen (secondary N) is 1. The van der Waals surface area contributed by atoms with Gasteiger partial charge in [-0.2, -0.15) is 0 Å². The summed E-state index contributed by atoms with van der Waals surface area (Å²) in [4.78, 5) is 13.6. The standard InChI is InChI=1S/C33H40N6O3Si/c1-23(27-10-8-9-11-30(27)41-20-24-12-14-26(40-5)15-13-24)37-31-16-17-32-34-19-29(39(32)38-31)28-18-25(35-22-36-28)21-42-43(6,7)33(2,3)4/h8-19,22-23H,20-21H2,1-7H3,(H,37,38). The van der Waals surface area contributed by atoms with Crippen LogP contribution in [0.15, 0.2) is 79.3 Å². The lowest BCUT2D eigenvalue weighted by Gasteiger charge is -2.36. The summed E-state index contributed by atoms with van der Waals surface area (Å²) in [5, 5.41) is 8.52. The van der Waals surface area contributed by atoms with E-state index in [1.165, 1.54) is 0 Å². The van der Waals surface area contributed by atoms with Crippen molar-refractivity contribution in [3.63, 3.8) is 0 Å². The van der Waals surface area contributed by atoms with Crippen LogP contribution in [0.5, 0.6) is 11.5 Å². The van der Waals surface area contributed by atoms with Gasteiger partial charge in [0.2, 0.25) is 0 Å². The van der Waals surface area contributed by atoms with Gasteiger partial charge in [-0.15, -0.1) is 5.10 Å². The molecule has 3 heterocycles. The molecule has 3 aromatic heterocycles. The van der Waals surface area contributed by atoms with E-state index in [-0.39, 0.29) is 11.1 Å². The van der Waals surface area contributed by atoms with Gasteiger partial charge in [0.15, 0.2) is 14.0 Å². The minimum absolute atomic E-state index is 0.0675. The smallest absolute Gasteiger partial charge is 0.192 e. The van der Waals surface area contributed by atoms with Gasteiger partial charge in [-0.3, -0.25) is 0 Å². The predicted octanol–water partition coefficient (Wildman–Crippen LogP) is 7.47. The Morgan fingerprint density at radius 2 is 1.70 bits per heavy atom. The van der Waals surface area contributed by atoms with E-state index >= 15 is 0 Å². The molecule has 0 fully saturated rings. The highest BCUT2D eigenvalue weighted by Crippen LogP contribution is 2.37. The molecule has 43 heavy (non-hydrogen) atoms. The number of imidazole rings is 1. The number of anilines is 1. The summed E-state index contributed by atoms with van der Waals surface area (Å²) in [6.07, 6.45) is 3.37. The summed E-state index contributed by atoms with van der Waals surface area (Å²) in [6.45, 7) is 14.2. The second-order valence-electron chi connectivity index (χ2n) is 12.1. The molecule has 0 aliphatic carbocycles. The molecule has 1 atom stereocenters. The lowest BCUT2D eigenvalue weighted by atomic mass is 10.1. The maximum Gasteiger partial charge on any atom is 0.192 e. The van der Waals surface area contributed by atoms with E-state index in [1.807, 2.05) is 65.2 Å². The number of aromatic nitrogens is 5. The van der Waals surface area contributed by atoms with Crippen LogP contribution in [0.1, 0.15) is 50.6 Å². The molecule has 0 saturated heterocycles. The van der Waals surface area contributed by atoms with Gasteiger partial charge in [0.25, 0.3) is 0 Å². The zero-order valence-electron chi connectivity index (χ0n) is 26.0. The first-order valence-electron chi connectivity index (χ1n) is 14.5. The number of para-hydroxylation sites is 1. The Bertz CT molecular complexity index is 1680. The van der Waals surface area contributed by atoms with Crippen molar-refractivity contribution >= 4 is 19.8 Å². The zero-order chi connectivity index (χ0) is 30.6. The number of hydrogen-bond acceptors (Lipinski definition) is 8. The van der Waals surface area contributed by atoms with Gasteiger partial charge in [0, 0.05) is 5.56 Å². The largest absolute Gasteiger partial charge is 0.497 e. The summed E-state index contributed by atoms with van der Waals surface area (Å²) < 4.78 is 19.7. The highest BCUT2D eigenvalue weighted by atomic mass is 28.4. The number of hydrogen-bond donors (Lipinski definition) is 1. The van der Waals surface area contributed by atoms with Gasteiger partial charge in [-0.05, 0) is 67.0 Å². The van der Waals surface area contributed by atoms with Crippen molar-refractivity contribution in [3.05, 3.63) is 96.1 Å². The molecule has 0 radical (unpaired) electrons. The molecule has 2 aromatic carbocycles. The van der Waals surface area contributed by atoms with Crippen molar-refractivity contribution in [1.82, 2.24) is 24.6 Å². The third kappa shape index (κ3) is 7.03. The Labute approximate surface area is 254 Å². The molecule has 0 bridgehead atoms. The number of fused-ring (bicyclic) bond motifs is 1. The topological polar surface area (TPSA) is 95.7 Å². The number of rotatable bonds is 11. The minimum Gasteiger partial charge on any atom is -0.497 e. The monoisotopic (exact) mass is 596 g/mol. The van der Waals surface area contributed by atoms with Gasteiger partial charge in [-0.1, -0.05) is 51.1 Å². The van der Waals surface area contributed by atoms with E-state index in [9.17, 15) is 0 Å². The number of methoxy groups -OCH3 is 1. The molecule has 0 saturated carbocycles. The zero-order valence-corrected chi connectivity index (χ0v) is 27.0. The van der Waals surface area contributed by atoms with Crippen molar-refractivity contribution in [3.8, 4) is 22.9 Å². The number of ether oxygens (including phenoxy) is 2. The summed E-state index contributed by atoms with van der Waals surface area (Å²) in [7, 11) is -0.247. The van der Waals surface area contributed by atoms with E-state index < -0.39 is 8.32 Å². The number of benzene rings is 2. The summed E-state index contributed by atoms with van der Waals surface area (Å²) in [5.41, 5.74) is 5.19. The van der Waals surface area contributed by atoms with Crippen molar-refractivity contribution in [1.29, 1.82) is 0 Å². The second-order valence-corrected chi connectivity index (χ2v) is 16.9. The van der Waals surface area contributed by atoms with E-state index in [0.29, 0.717) is 19.0 Å². The average Bonchev–Trinajstić information content (AvgIpc) is 3.42. The summed E-state index contributed by atoms with van der Waals surface area (Å²) >= 11 is 0. The molecule has 0 spiro atoms. The van der Waals surface area contributed by atoms with E-state index in [1.54, 1.807) is 19.6 Å². The van der Waals surface area contributed by atoms with Gasteiger partial charge >= 0.3 is 0 Å². The SMILES string of the molecule is COc1ccc(COc2ccccc2C(C)Nc2ccc3ncc(-c4cc(CO[Si](C)(C)C(C)(C)C)ncn4)n3n2)cc1. The van der Waals surface area contributed by atoms with Crippen LogP contribution >= 0.6 is 0 Å². The molecular weight excluding hydrogens is 556 g/mol. The van der Waals surface area contributed by atoms with Crippen LogP contribution in [-0.2, 0) is 17.6 Å². The maximum atomic E-state index is 6.39. The van der Waals surface area contributed by atoms with Crippen LogP contribution in [0.2, 0.25) is 18.1 Å². The number of nitrogens with zero attached hydrogens (tertiary/aromatic N) is 5. The van der Waals surface area contributed by atoms with Gasteiger partial charge in [0.1, 0.15) is 35.9 Å². The lowest BCUT2D eigenvalue weighted by molar-refractivity contribution is 0.272. The molecule has 1 N–H and O–H groups in total. The summed E-state index contributed by atoms with van der Waals surface area (Å²) in [5.74, 6) is 2.35. The Morgan fingerprint density at radius 3 is 2.44 bits per heavy atom. The molecule has 224 valence electrons. The first-order chi connectivity index (χ1) is 20.5. The molecular formula is C33H40N6O3Si. The van der Waals surface area contributed by atoms with Crippen LogP contribution in [-0.4, -0.2) is 40.0 Å². The molecule has 5 rings (SSSR count). The molecule has 1 unspecified atom stereocenters. The fourth-order valence-electron chi connectivity index (χ4n) is 4.36. The van der Waals surface area contributed by atoms with Crippen molar-refractivity contribution in [2.75, 3.05) is 12.4 Å². The fraction of sp³-hybridized carbons (Fsp3) is 0.333. The first-order valence-corrected chi connectivity index (χ1v) is 17.4. The van der Waals surface area contributed by atoms with Crippen LogP contribution in [0.25, 0.3) is 17.0 Å². The lowest BCUT2D eigenvalue weighted by Crippen LogP contribution is -2.40. The van der Waals surface area contributed by atoms with Crippen molar-refractivity contribution in [2.45, 2.75) is 65.1 Å². The van der Waals surface area contributed by atoms with Crippen LogP contribution < -0.4 is 14.8 Å². The molecule has 9 nitrogen and oxygen atoms in total. The minimum atomic E-state index is -1.91. The van der Waals surface area contributed by atoms with E-state index in [4.69, 9.17) is 19.0 Å². The fourth-order valence-corrected chi connectivity index (χ4v) is 5.31. The van der Waals surface area contributed by atoms with Crippen molar-refractivity contribution < 1.29 is 13.9 Å². The first kappa shape index (κ1) is 30.2. The summed E-state index contributed by atoms with van der Waals surface area (Å²) in [6, 6.07) is 21.7. The molecule has 10 heteroatoms. The third-order valence-corrected chi connectivity index (χ3v) is 12.5. The normalized spacial score (nSPS) is 12.7. The highest BCUT2D eigenvalue weighted by molar-refractivity contribution is 6.74. The van der Waals surface area contributed by atoms with E-state index in [0.717, 1.165) is 45.4 Å². The van der Waals surface area contributed by atoms with Gasteiger partial charge in [-0.25, -0.2) is 19.5 Å². The molecule has 0 amide bonds. The van der Waals surface area contributed by atoms with Crippen molar-refractivity contribution in [2.24, 2.45) is 0 Å². The predicted molar refractivity (Wildman–Crippen MR) is 172 cm³/mol. The molecule has 5 aromatic rings. The average molecular weight is 597 g/mol. The Morgan fingerprint density at radius 1 is 0.930 bits per heavy atom. The Balaban J connectivity index is 1.32. The Hall–Kier alpha value is -4.28. The van der Waals surface area contributed by atoms with Crippen LogP contribution in [0.4, 0.5) is 5.82 Å². The third-order valence-electron chi connectivity index (χ3n) is 8.04. The quantitative estimate of drug-likeness (QED) is 0.157. The molecule has 0 aliphatic rings. The second kappa shape index (κ2) is 12.5. The highest BCUT2D eigenvalue weighted by Gasteiger charge is 2.37. The van der Waals surface area contributed by atoms with E-state index in [2.05, 4.69) is 67.1 Å². The van der Waals surface area contributed by atoms with Crippen LogP contribution in [0.3, 0.4) is 0 Å².